The zero-order valence-electron chi connectivity index (χ0n) is 12.5. The lowest BCUT2D eigenvalue weighted by atomic mass is 10.1. The normalized spacial score (nSPS) is 10.7. The van der Waals surface area contributed by atoms with E-state index in [0.29, 0.717) is 10.8 Å². The van der Waals surface area contributed by atoms with Gasteiger partial charge in [-0.15, -0.1) is 0 Å². The summed E-state index contributed by atoms with van der Waals surface area (Å²) in [6.45, 7) is 1.31. The maximum absolute atomic E-state index is 11.6. The number of hydrogen-bond acceptors (Lipinski definition) is 6. The average Bonchev–Trinajstić information content (AvgIpc) is 2.95. The smallest absolute Gasteiger partial charge is 0.410 e. The van der Waals surface area contributed by atoms with Gasteiger partial charge in [-0.3, -0.25) is 4.79 Å². The molecule has 0 unspecified atom stereocenters. The Morgan fingerprint density at radius 1 is 0.917 bits per heavy atom. The molecule has 0 aliphatic heterocycles. The Morgan fingerprint density at radius 2 is 1.46 bits per heavy atom. The van der Waals surface area contributed by atoms with E-state index in [0.717, 1.165) is 0 Å². The summed E-state index contributed by atoms with van der Waals surface area (Å²) in [6, 6.07) is 8.03. The van der Waals surface area contributed by atoms with Gasteiger partial charge in [0.1, 0.15) is 0 Å². The zero-order chi connectivity index (χ0) is 17.4. The molecule has 0 bridgehead atoms. The summed E-state index contributed by atoms with van der Waals surface area (Å²) in [5, 5.41) is 1.11. The van der Waals surface area contributed by atoms with Gasteiger partial charge in [-0.2, -0.15) is 0 Å². The van der Waals surface area contributed by atoms with Crippen LogP contribution in [0.4, 0.5) is 9.59 Å². The topological polar surface area (TPSA) is 135 Å². The van der Waals surface area contributed by atoms with E-state index in [-0.39, 0.29) is 34.0 Å². The van der Waals surface area contributed by atoms with Crippen molar-refractivity contribution in [3.05, 3.63) is 36.1 Å². The van der Waals surface area contributed by atoms with Crippen molar-refractivity contribution in [2.45, 2.75) is 6.92 Å². The van der Waals surface area contributed by atoms with Crippen molar-refractivity contribution in [2.75, 3.05) is 0 Å². The van der Waals surface area contributed by atoms with E-state index >= 15 is 0 Å². The van der Waals surface area contributed by atoms with E-state index in [4.69, 9.17) is 25.4 Å². The molecule has 2 amide bonds. The second-order valence-electron chi connectivity index (χ2n) is 4.96. The molecule has 1 heterocycles. The highest BCUT2D eigenvalue weighted by Gasteiger charge is 2.23. The van der Waals surface area contributed by atoms with Crippen molar-refractivity contribution in [3.63, 3.8) is 0 Å². The van der Waals surface area contributed by atoms with Crippen LogP contribution in [0.3, 0.4) is 0 Å². The SMILES string of the molecule is CC(=O)c1cc2c(OC(N)=O)c3ccccc3c(OC(N)=O)c2o1. The average molecular weight is 328 g/mol. The van der Waals surface area contributed by atoms with E-state index < -0.39 is 12.2 Å². The Kier molecular flexibility index (Phi) is 3.57. The molecule has 0 aliphatic carbocycles. The molecule has 1 aromatic heterocycles. The van der Waals surface area contributed by atoms with E-state index in [2.05, 4.69) is 0 Å². The third-order valence-corrected chi connectivity index (χ3v) is 3.35. The molecule has 2 aromatic carbocycles. The molecule has 8 nitrogen and oxygen atoms in total. The number of hydrogen-bond donors (Lipinski definition) is 2. The summed E-state index contributed by atoms with van der Waals surface area (Å²) in [5.41, 5.74) is 10.3. The Hall–Kier alpha value is -3.55. The van der Waals surface area contributed by atoms with Gasteiger partial charge >= 0.3 is 12.2 Å². The number of carbonyl (C=O) groups excluding carboxylic acids is 3. The molecule has 4 N–H and O–H groups in total. The molecule has 0 spiro atoms. The highest BCUT2D eigenvalue weighted by atomic mass is 16.6. The van der Waals surface area contributed by atoms with Gasteiger partial charge in [0, 0.05) is 17.7 Å². The van der Waals surface area contributed by atoms with Crippen LogP contribution in [0.2, 0.25) is 0 Å². The number of amides is 2. The first kappa shape index (κ1) is 15.3. The number of carbonyl (C=O) groups is 3. The van der Waals surface area contributed by atoms with Crippen molar-refractivity contribution < 1.29 is 28.3 Å². The lowest BCUT2D eigenvalue weighted by Crippen LogP contribution is -2.18. The fraction of sp³-hybridized carbons (Fsp3) is 0.0625. The van der Waals surface area contributed by atoms with Gasteiger partial charge in [0.05, 0.1) is 5.39 Å². The van der Waals surface area contributed by atoms with Crippen molar-refractivity contribution in [2.24, 2.45) is 11.5 Å². The second-order valence-corrected chi connectivity index (χ2v) is 4.96. The van der Waals surface area contributed by atoms with Crippen LogP contribution in [-0.4, -0.2) is 18.0 Å². The van der Waals surface area contributed by atoms with Crippen molar-refractivity contribution in [1.29, 1.82) is 0 Å². The molecule has 0 saturated heterocycles. The first-order valence-electron chi connectivity index (χ1n) is 6.82. The van der Waals surface area contributed by atoms with Gasteiger partial charge in [0.15, 0.2) is 28.6 Å². The highest BCUT2D eigenvalue weighted by molar-refractivity contribution is 6.12. The number of Topliss-reactive ketones (excluding diaryl/α,β-unsaturated/α-hetero) is 1. The minimum atomic E-state index is -1.05. The Balaban J connectivity index is 2.48. The summed E-state index contributed by atoms with van der Waals surface area (Å²) >= 11 is 0. The van der Waals surface area contributed by atoms with Crippen LogP contribution >= 0.6 is 0 Å². The summed E-state index contributed by atoms with van der Waals surface area (Å²) in [5.74, 6) is -0.229. The minimum Gasteiger partial charge on any atom is -0.449 e. The Morgan fingerprint density at radius 3 is 2.00 bits per heavy atom. The molecule has 0 atom stereocenters. The Bertz CT molecular complexity index is 932. The maximum Gasteiger partial charge on any atom is 0.410 e. The van der Waals surface area contributed by atoms with Crippen molar-refractivity contribution in [1.82, 2.24) is 0 Å². The quantitative estimate of drug-likeness (QED) is 0.710. The molecule has 3 aromatic rings. The van der Waals surface area contributed by atoms with Crippen LogP contribution in [0.25, 0.3) is 21.7 Å². The predicted molar refractivity (Wildman–Crippen MR) is 84.1 cm³/mol. The summed E-state index contributed by atoms with van der Waals surface area (Å²) in [6.07, 6.45) is -2.08. The van der Waals surface area contributed by atoms with E-state index in [9.17, 15) is 14.4 Å². The fourth-order valence-electron chi connectivity index (χ4n) is 2.46. The standard InChI is InChI=1S/C16H12N2O6/c1-7(19)11-6-10-12(23-15(17)20)8-4-2-3-5-9(8)13(14(10)22-11)24-16(18)21/h2-6H,1H3,(H2,17,20)(H2,18,21). The largest absolute Gasteiger partial charge is 0.449 e. The van der Waals surface area contributed by atoms with Gasteiger partial charge in [-0.05, 0) is 6.07 Å². The van der Waals surface area contributed by atoms with Gasteiger partial charge in [-0.25, -0.2) is 9.59 Å². The molecule has 0 aliphatic rings. The molecule has 0 radical (unpaired) electrons. The Labute approximate surface area is 134 Å². The van der Waals surface area contributed by atoms with Gasteiger partial charge in [0.25, 0.3) is 0 Å². The summed E-state index contributed by atoms with van der Waals surface area (Å²) < 4.78 is 15.6. The molecular formula is C16H12N2O6. The first-order valence-corrected chi connectivity index (χ1v) is 6.82. The molecule has 8 heteroatoms. The highest BCUT2D eigenvalue weighted by Crippen LogP contribution is 2.44. The maximum atomic E-state index is 11.6. The molecule has 24 heavy (non-hydrogen) atoms. The van der Waals surface area contributed by atoms with E-state index in [1.165, 1.54) is 13.0 Å². The number of primary amides is 2. The molecular weight excluding hydrogens is 316 g/mol. The van der Waals surface area contributed by atoms with Crippen LogP contribution in [0.15, 0.2) is 34.7 Å². The van der Waals surface area contributed by atoms with Crippen LogP contribution < -0.4 is 20.9 Å². The number of furan rings is 1. The number of nitrogens with two attached hydrogens (primary N) is 2. The third-order valence-electron chi connectivity index (χ3n) is 3.35. The fourth-order valence-corrected chi connectivity index (χ4v) is 2.46. The molecule has 0 fully saturated rings. The lowest BCUT2D eigenvalue weighted by Gasteiger charge is -2.11. The van der Waals surface area contributed by atoms with Crippen LogP contribution in [0, 0.1) is 0 Å². The number of ketones is 1. The number of rotatable bonds is 3. The zero-order valence-corrected chi connectivity index (χ0v) is 12.5. The molecule has 122 valence electrons. The third kappa shape index (κ3) is 2.50. The van der Waals surface area contributed by atoms with Gasteiger partial charge < -0.3 is 25.4 Å². The summed E-state index contributed by atoms with van der Waals surface area (Å²) in [7, 11) is 0. The van der Waals surface area contributed by atoms with Gasteiger partial charge in [0.2, 0.25) is 0 Å². The number of benzene rings is 2. The minimum absolute atomic E-state index is 0.00365. The number of ether oxygens (including phenoxy) is 2. The van der Waals surface area contributed by atoms with Crippen LogP contribution in [0.5, 0.6) is 11.5 Å². The van der Waals surface area contributed by atoms with Crippen molar-refractivity contribution in [3.8, 4) is 11.5 Å². The number of fused-ring (bicyclic) bond motifs is 2. The van der Waals surface area contributed by atoms with Crippen LogP contribution in [0.1, 0.15) is 17.5 Å². The molecule has 3 rings (SSSR count). The first-order chi connectivity index (χ1) is 11.4. The van der Waals surface area contributed by atoms with Gasteiger partial charge in [-0.1, -0.05) is 24.3 Å². The summed E-state index contributed by atoms with van der Waals surface area (Å²) in [4.78, 5) is 34.1. The van der Waals surface area contributed by atoms with E-state index in [1.807, 2.05) is 0 Å². The van der Waals surface area contributed by atoms with Crippen LogP contribution in [-0.2, 0) is 0 Å². The van der Waals surface area contributed by atoms with E-state index in [1.54, 1.807) is 24.3 Å². The lowest BCUT2D eigenvalue weighted by molar-refractivity contribution is 0.0989. The van der Waals surface area contributed by atoms with Crippen molar-refractivity contribution >= 4 is 39.7 Å². The molecule has 0 saturated carbocycles. The monoisotopic (exact) mass is 328 g/mol. The second kappa shape index (κ2) is 5.58. The predicted octanol–water partition coefficient (Wildman–Crippen LogP) is 2.70.